The van der Waals surface area contributed by atoms with Gasteiger partial charge in [0.1, 0.15) is 5.60 Å². The summed E-state index contributed by atoms with van der Waals surface area (Å²) in [6, 6.07) is 0. The highest BCUT2D eigenvalue weighted by Crippen LogP contribution is 2.35. The number of ether oxygens (including phenoxy) is 2. The molecule has 0 rings (SSSR count). The number of aliphatic hydroxyl groups is 1. The zero-order valence-electron chi connectivity index (χ0n) is 11.7. The highest BCUT2D eigenvalue weighted by molar-refractivity contribution is 5.81. The van der Waals surface area contributed by atoms with Crippen molar-refractivity contribution in [3.63, 3.8) is 0 Å². The van der Waals surface area contributed by atoms with Crippen molar-refractivity contribution in [2.45, 2.75) is 57.4 Å². The summed E-state index contributed by atoms with van der Waals surface area (Å²) in [5, 5.41) is 9.23. The summed E-state index contributed by atoms with van der Waals surface area (Å²) in [5.74, 6) is -3.42. The van der Waals surface area contributed by atoms with Gasteiger partial charge in [-0.05, 0) is 20.8 Å². The summed E-state index contributed by atoms with van der Waals surface area (Å²) in [6.07, 6.45) is -19.7. The molecule has 0 saturated heterocycles. The lowest BCUT2D eigenvalue weighted by molar-refractivity contribution is -0.313. The van der Waals surface area contributed by atoms with Gasteiger partial charge in [-0.3, -0.25) is 4.79 Å². The van der Waals surface area contributed by atoms with Gasteiger partial charge in [0, 0.05) is 0 Å². The first-order valence-electron chi connectivity index (χ1n) is 5.78. The van der Waals surface area contributed by atoms with Crippen LogP contribution in [0.15, 0.2) is 0 Å². The second kappa shape index (κ2) is 6.71. The molecule has 5 nitrogen and oxygen atoms in total. The molecule has 0 heterocycles. The molecule has 0 amide bonds. The number of alkyl halides is 6. The summed E-state index contributed by atoms with van der Waals surface area (Å²) in [7, 11) is 0. The Hall–Kier alpha value is -1.52. The highest BCUT2D eigenvalue weighted by atomic mass is 19.4. The van der Waals surface area contributed by atoms with Crippen LogP contribution in [-0.4, -0.2) is 47.2 Å². The molecule has 0 saturated carbocycles. The number of hydrogen-bond donors (Lipinski definition) is 1. The van der Waals surface area contributed by atoms with Gasteiger partial charge >= 0.3 is 24.3 Å². The molecule has 0 aliphatic carbocycles. The van der Waals surface area contributed by atoms with E-state index in [4.69, 9.17) is 0 Å². The molecular weight excluding hydrogens is 326 g/mol. The van der Waals surface area contributed by atoms with E-state index < -0.39 is 48.5 Å². The Kier molecular flexibility index (Phi) is 6.25. The van der Waals surface area contributed by atoms with Crippen LogP contribution in [0.1, 0.15) is 27.2 Å². The lowest BCUT2D eigenvalue weighted by Crippen LogP contribution is -2.46. The van der Waals surface area contributed by atoms with E-state index in [1.54, 1.807) is 0 Å². The van der Waals surface area contributed by atoms with Crippen LogP contribution < -0.4 is 0 Å². The SMILES string of the molecule is CC(C)(C)OC(=O)C(O)CC(=O)OC(C(F)(F)F)C(F)(F)F. The quantitative estimate of drug-likeness (QED) is 0.627. The van der Waals surface area contributed by atoms with Crippen molar-refractivity contribution in [2.75, 3.05) is 0 Å². The molecule has 22 heavy (non-hydrogen) atoms. The molecule has 0 fully saturated rings. The Balaban J connectivity index is 4.76. The second-order valence-corrected chi connectivity index (χ2v) is 5.21. The largest absolute Gasteiger partial charge is 0.458 e. The summed E-state index contributed by atoms with van der Waals surface area (Å²) < 4.78 is 80.7. The van der Waals surface area contributed by atoms with E-state index in [0.29, 0.717) is 0 Å². The Morgan fingerprint density at radius 2 is 1.41 bits per heavy atom. The van der Waals surface area contributed by atoms with Gasteiger partial charge in [-0.1, -0.05) is 0 Å². The van der Waals surface area contributed by atoms with E-state index >= 15 is 0 Å². The molecule has 0 aliphatic rings. The predicted molar refractivity (Wildman–Crippen MR) is 58.5 cm³/mol. The Morgan fingerprint density at radius 1 is 1.00 bits per heavy atom. The molecule has 0 bridgehead atoms. The molecule has 1 N–H and O–H groups in total. The van der Waals surface area contributed by atoms with Crippen LogP contribution in [0, 0.1) is 0 Å². The van der Waals surface area contributed by atoms with E-state index in [-0.39, 0.29) is 0 Å². The molecule has 0 aromatic heterocycles. The fraction of sp³-hybridized carbons (Fsp3) is 0.818. The topological polar surface area (TPSA) is 72.8 Å². The van der Waals surface area contributed by atoms with Crippen LogP contribution in [0.3, 0.4) is 0 Å². The first kappa shape index (κ1) is 20.5. The van der Waals surface area contributed by atoms with Gasteiger partial charge in [-0.25, -0.2) is 4.79 Å². The van der Waals surface area contributed by atoms with Gasteiger partial charge in [0.25, 0.3) is 6.10 Å². The van der Waals surface area contributed by atoms with Crippen molar-refractivity contribution in [3.05, 3.63) is 0 Å². The van der Waals surface area contributed by atoms with Crippen LogP contribution >= 0.6 is 0 Å². The van der Waals surface area contributed by atoms with Crippen LogP contribution in [0.5, 0.6) is 0 Å². The van der Waals surface area contributed by atoms with E-state index in [0.717, 1.165) is 0 Å². The second-order valence-electron chi connectivity index (χ2n) is 5.21. The molecular formula is C11H14F6O5. The highest BCUT2D eigenvalue weighted by Gasteiger charge is 2.59. The molecule has 1 atom stereocenters. The fourth-order valence-corrected chi connectivity index (χ4v) is 1.11. The van der Waals surface area contributed by atoms with Crippen molar-refractivity contribution < 1.29 is 50.5 Å². The summed E-state index contributed by atoms with van der Waals surface area (Å²) in [5.41, 5.74) is -1.07. The van der Waals surface area contributed by atoms with Gasteiger partial charge in [0.15, 0.2) is 6.10 Å². The summed E-state index contributed by atoms with van der Waals surface area (Å²) >= 11 is 0. The number of carbonyl (C=O) groups excluding carboxylic acids is 2. The maximum absolute atomic E-state index is 12.1. The van der Waals surface area contributed by atoms with Crippen molar-refractivity contribution in [1.29, 1.82) is 0 Å². The maximum Gasteiger partial charge on any atom is 0.434 e. The maximum atomic E-state index is 12.1. The molecule has 0 aromatic carbocycles. The van der Waals surface area contributed by atoms with Crippen molar-refractivity contribution in [2.24, 2.45) is 0 Å². The number of esters is 2. The predicted octanol–water partition coefficient (Wildman–Crippen LogP) is 2.12. The zero-order valence-corrected chi connectivity index (χ0v) is 11.7. The number of rotatable bonds is 4. The van der Waals surface area contributed by atoms with E-state index in [1.165, 1.54) is 20.8 Å². The lowest BCUT2D eigenvalue weighted by atomic mass is 10.2. The summed E-state index contributed by atoms with van der Waals surface area (Å²) in [6.45, 7) is 4.21. The van der Waals surface area contributed by atoms with Gasteiger partial charge in [0.2, 0.25) is 0 Å². The average Bonchev–Trinajstić information content (AvgIpc) is 2.20. The standard InChI is InChI=1S/C11H14F6O5/c1-9(2,3)22-7(20)5(18)4-6(19)21-8(10(12,13)14)11(15,16)17/h5,8,18H,4H2,1-3H3. The number of carbonyl (C=O) groups is 2. The Bertz CT molecular complexity index is 395. The molecule has 130 valence electrons. The summed E-state index contributed by atoms with van der Waals surface area (Å²) in [4.78, 5) is 22.3. The minimum atomic E-state index is -5.87. The number of halogens is 6. The monoisotopic (exact) mass is 340 g/mol. The van der Waals surface area contributed by atoms with Crippen molar-refractivity contribution in [1.82, 2.24) is 0 Å². The smallest absolute Gasteiger partial charge is 0.434 e. The minimum absolute atomic E-state index is 1.07. The molecule has 0 aliphatic heterocycles. The first-order valence-corrected chi connectivity index (χ1v) is 5.78. The average molecular weight is 340 g/mol. The van der Waals surface area contributed by atoms with Crippen LogP contribution in [0.25, 0.3) is 0 Å². The van der Waals surface area contributed by atoms with Gasteiger partial charge in [-0.15, -0.1) is 0 Å². The molecule has 0 spiro atoms. The Labute approximate surface area is 121 Å². The molecule has 0 radical (unpaired) electrons. The first-order chi connectivity index (χ1) is 9.54. The third kappa shape index (κ3) is 7.48. The van der Waals surface area contributed by atoms with Crippen LogP contribution in [-0.2, 0) is 19.1 Å². The molecule has 11 heteroatoms. The third-order valence-electron chi connectivity index (χ3n) is 1.88. The van der Waals surface area contributed by atoms with E-state index in [9.17, 15) is 41.0 Å². The molecule has 0 aromatic rings. The van der Waals surface area contributed by atoms with Gasteiger partial charge < -0.3 is 14.6 Å². The van der Waals surface area contributed by atoms with Crippen molar-refractivity contribution >= 4 is 11.9 Å². The van der Waals surface area contributed by atoms with E-state index in [1.807, 2.05) is 0 Å². The third-order valence-corrected chi connectivity index (χ3v) is 1.88. The molecule has 1 unspecified atom stereocenters. The number of aliphatic hydroxyl groups excluding tert-OH is 1. The van der Waals surface area contributed by atoms with Crippen LogP contribution in [0.2, 0.25) is 0 Å². The zero-order chi connectivity index (χ0) is 17.9. The Morgan fingerprint density at radius 3 is 1.73 bits per heavy atom. The normalized spacial score (nSPS) is 14.7. The van der Waals surface area contributed by atoms with Gasteiger partial charge in [-0.2, -0.15) is 26.3 Å². The van der Waals surface area contributed by atoms with Crippen molar-refractivity contribution in [3.8, 4) is 0 Å². The fourth-order valence-electron chi connectivity index (χ4n) is 1.11. The van der Waals surface area contributed by atoms with E-state index in [2.05, 4.69) is 9.47 Å². The van der Waals surface area contributed by atoms with Gasteiger partial charge in [0.05, 0.1) is 6.42 Å². The lowest BCUT2D eigenvalue weighted by Gasteiger charge is -2.24. The number of hydrogen-bond acceptors (Lipinski definition) is 5. The van der Waals surface area contributed by atoms with Crippen LogP contribution in [0.4, 0.5) is 26.3 Å². The minimum Gasteiger partial charge on any atom is -0.458 e.